The second-order valence-electron chi connectivity index (χ2n) is 10.7. The van der Waals surface area contributed by atoms with E-state index in [1.807, 2.05) is 27.7 Å². The standard InChI is InChI=1S/C26H36N8O3S/c1-6-15(2)34-25-21(17(4)30-23(32-25)20-16(3)28-14-29-22(20)19-7-8-19)31-24(26(34)35)27-13-18-9-11-33(12-10-18)38(5,36)37/h14-15,18-19H,6-13H2,1-5H3,(H,27,31)/t15-/m1/s1. The van der Waals surface area contributed by atoms with Gasteiger partial charge in [-0.25, -0.2) is 37.6 Å². The minimum absolute atomic E-state index is 0.0928. The molecule has 0 amide bonds. The van der Waals surface area contributed by atoms with Crippen LogP contribution in [0.1, 0.15) is 75.0 Å². The van der Waals surface area contributed by atoms with Crippen molar-refractivity contribution in [1.82, 2.24) is 33.8 Å². The third kappa shape index (κ3) is 5.15. The second kappa shape index (κ2) is 10.3. The van der Waals surface area contributed by atoms with E-state index in [0.29, 0.717) is 48.2 Å². The van der Waals surface area contributed by atoms with Crippen molar-refractivity contribution < 1.29 is 8.42 Å². The fourth-order valence-corrected chi connectivity index (χ4v) is 6.03. The molecule has 204 valence electrons. The minimum Gasteiger partial charge on any atom is -0.365 e. The maximum Gasteiger partial charge on any atom is 0.295 e. The van der Waals surface area contributed by atoms with E-state index < -0.39 is 10.0 Å². The molecular formula is C26H36N8O3S. The van der Waals surface area contributed by atoms with Crippen LogP contribution in [0.25, 0.3) is 22.6 Å². The molecule has 3 aromatic heterocycles. The van der Waals surface area contributed by atoms with E-state index in [1.165, 1.54) is 10.6 Å². The number of aromatic nitrogens is 6. The Labute approximate surface area is 223 Å². The van der Waals surface area contributed by atoms with E-state index in [-0.39, 0.29) is 23.3 Å². The van der Waals surface area contributed by atoms with Gasteiger partial charge in [-0.15, -0.1) is 0 Å². The Balaban J connectivity index is 1.51. The van der Waals surface area contributed by atoms with Gasteiger partial charge in [-0.3, -0.25) is 9.36 Å². The number of hydrogen-bond acceptors (Lipinski definition) is 9. The van der Waals surface area contributed by atoms with E-state index in [0.717, 1.165) is 49.1 Å². The van der Waals surface area contributed by atoms with Gasteiger partial charge in [0, 0.05) is 31.6 Å². The maximum absolute atomic E-state index is 13.7. The highest BCUT2D eigenvalue weighted by atomic mass is 32.2. The molecule has 0 bridgehead atoms. The van der Waals surface area contributed by atoms with Crippen molar-refractivity contribution in [2.75, 3.05) is 31.2 Å². The van der Waals surface area contributed by atoms with Crippen molar-refractivity contribution in [1.29, 1.82) is 0 Å². The van der Waals surface area contributed by atoms with E-state index >= 15 is 0 Å². The lowest BCUT2D eigenvalue weighted by molar-refractivity contribution is 0.283. The average Bonchev–Trinajstić information content (AvgIpc) is 3.72. The molecule has 1 saturated carbocycles. The van der Waals surface area contributed by atoms with Gasteiger partial charge in [0.15, 0.2) is 17.3 Å². The van der Waals surface area contributed by atoms with Crippen LogP contribution < -0.4 is 10.9 Å². The highest BCUT2D eigenvalue weighted by molar-refractivity contribution is 7.88. The third-order valence-corrected chi connectivity index (χ3v) is 9.10. The van der Waals surface area contributed by atoms with Crippen LogP contribution in [0, 0.1) is 19.8 Å². The Morgan fingerprint density at radius 1 is 1.05 bits per heavy atom. The molecule has 0 aromatic carbocycles. The van der Waals surface area contributed by atoms with Gasteiger partial charge in [0.05, 0.1) is 28.9 Å². The largest absolute Gasteiger partial charge is 0.365 e. The van der Waals surface area contributed by atoms with Crippen LogP contribution in [-0.4, -0.2) is 68.1 Å². The normalized spacial score (nSPS) is 18.1. The van der Waals surface area contributed by atoms with Gasteiger partial charge < -0.3 is 5.32 Å². The Morgan fingerprint density at radius 3 is 2.39 bits per heavy atom. The molecule has 0 spiro atoms. The second-order valence-corrected chi connectivity index (χ2v) is 12.7. The third-order valence-electron chi connectivity index (χ3n) is 7.80. The number of aryl methyl sites for hydroxylation is 2. The fraction of sp³-hybridized carbons (Fsp3) is 0.615. The first-order valence-electron chi connectivity index (χ1n) is 13.4. The monoisotopic (exact) mass is 540 g/mol. The predicted molar refractivity (Wildman–Crippen MR) is 147 cm³/mol. The number of nitrogens with one attached hydrogen (secondary N) is 1. The predicted octanol–water partition coefficient (Wildman–Crippen LogP) is 3.19. The Bertz CT molecular complexity index is 1530. The quantitative estimate of drug-likeness (QED) is 0.457. The van der Waals surface area contributed by atoms with Gasteiger partial charge in [-0.05, 0) is 58.8 Å². The molecule has 12 heteroatoms. The SMILES string of the molecule is CC[C@@H](C)n1c(=O)c(NCC2CCN(S(C)(=O)=O)CC2)nc2c(C)nc(-c3c(C)ncnc3C3CC3)nc21. The van der Waals surface area contributed by atoms with Crippen molar-refractivity contribution in [3.8, 4) is 11.4 Å². The number of fused-ring (bicyclic) bond motifs is 1. The van der Waals surface area contributed by atoms with E-state index in [9.17, 15) is 13.2 Å². The maximum atomic E-state index is 13.7. The first-order valence-corrected chi connectivity index (χ1v) is 15.2. The summed E-state index contributed by atoms with van der Waals surface area (Å²) in [6, 6.07) is -0.0928. The Hall–Kier alpha value is -2.99. The zero-order chi connectivity index (χ0) is 27.2. The molecule has 4 heterocycles. The van der Waals surface area contributed by atoms with Crippen molar-refractivity contribution in [2.45, 2.75) is 71.8 Å². The number of anilines is 1. The summed E-state index contributed by atoms with van der Waals surface area (Å²) in [5.74, 6) is 1.47. The summed E-state index contributed by atoms with van der Waals surface area (Å²) < 4.78 is 26.9. The zero-order valence-electron chi connectivity index (χ0n) is 22.7. The average molecular weight is 541 g/mol. The number of rotatable bonds is 8. The fourth-order valence-electron chi connectivity index (χ4n) is 5.16. The van der Waals surface area contributed by atoms with E-state index in [4.69, 9.17) is 15.0 Å². The lowest BCUT2D eigenvalue weighted by Gasteiger charge is -2.30. The van der Waals surface area contributed by atoms with Crippen molar-refractivity contribution >= 4 is 27.0 Å². The molecule has 38 heavy (non-hydrogen) atoms. The molecule has 0 unspecified atom stereocenters. The zero-order valence-corrected chi connectivity index (χ0v) is 23.5. The summed E-state index contributed by atoms with van der Waals surface area (Å²) in [6.07, 6.45) is 7.26. The van der Waals surface area contributed by atoms with Gasteiger partial charge in [-0.1, -0.05) is 6.92 Å². The molecule has 1 saturated heterocycles. The molecule has 1 aliphatic heterocycles. The van der Waals surface area contributed by atoms with Crippen LogP contribution in [-0.2, 0) is 10.0 Å². The molecule has 2 fully saturated rings. The number of sulfonamides is 1. The summed E-state index contributed by atoms with van der Waals surface area (Å²) in [6.45, 7) is 9.43. The first kappa shape index (κ1) is 26.6. The summed E-state index contributed by atoms with van der Waals surface area (Å²) >= 11 is 0. The smallest absolute Gasteiger partial charge is 0.295 e. The van der Waals surface area contributed by atoms with Crippen LogP contribution in [0.3, 0.4) is 0 Å². The summed E-state index contributed by atoms with van der Waals surface area (Å²) in [7, 11) is -3.18. The van der Waals surface area contributed by atoms with Crippen LogP contribution >= 0.6 is 0 Å². The molecule has 0 radical (unpaired) electrons. The molecule has 1 aliphatic carbocycles. The van der Waals surface area contributed by atoms with Gasteiger partial charge in [0.25, 0.3) is 5.56 Å². The van der Waals surface area contributed by atoms with E-state index in [1.54, 1.807) is 10.9 Å². The number of nitrogens with zero attached hydrogens (tertiary/aromatic N) is 7. The number of hydrogen-bond donors (Lipinski definition) is 1. The number of piperidine rings is 1. The van der Waals surface area contributed by atoms with E-state index in [2.05, 4.69) is 15.3 Å². The minimum atomic E-state index is -3.18. The van der Waals surface area contributed by atoms with Gasteiger partial charge >= 0.3 is 0 Å². The molecule has 3 aromatic rings. The molecule has 1 N–H and O–H groups in total. The highest BCUT2D eigenvalue weighted by Gasteiger charge is 2.31. The van der Waals surface area contributed by atoms with Crippen LogP contribution in [0.15, 0.2) is 11.1 Å². The lowest BCUT2D eigenvalue weighted by Crippen LogP contribution is -2.39. The molecule has 5 rings (SSSR count). The van der Waals surface area contributed by atoms with Gasteiger partial charge in [-0.2, -0.15) is 0 Å². The van der Waals surface area contributed by atoms with Gasteiger partial charge in [0.1, 0.15) is 11.8 Å². The molecule has 11 nitrogen and oxygen atoms in total. The Morgan fingerprint density at radius 2 is 1.76 bits per heavy atom. The van der Waals surface area contributed by atoms with Crippen molar-refractivity contribution in [2.24, 2.45) is 5.92 Å². The van der Waals surface area contributed by atoms with Crippen LogP contribution in [0.2, 0.25) is 0 Å². The van der Waals surface area contributed by atoms with Crippen LogP contribution in [0.4, 0.5) is 5.82 Å². The lowest BCUT2D eigenvalue weighted by atomic mass is 9.98. The summed E-state index contributed by atoms with van der Waals surface area (Å²) in [5, 5.41) is 3.27. The highest BCUT2D eigenvalue weighted by Crippen LogP contribution is 2.43. The summed E-state index contributed by atoms with van der Waals surface area (Å²) in [5.41, 5.74) is 4.23. The molecular weight excluding hydrogens is 504 g/mol. The first-order chi connectivity index (χ1) is 18.1. The summed E-state index contributed by atoms with van der Waals surface area (Å²) in [4.78, 5) is 37.1. The van der Waals surface area contributed by atoms with Gasteiger partial charge in [0.2, 0.25) is 10.0 Å². The van der Waals surface area contributed by atoms with Crippen molar-refractivity contribution in [3.63, 3.8) is 0 Å². The van der Waals surface area contributed by atoms with Crippen molar-refractivity contribution in [3.05, 3.63) is 33.8 Å². The van der Waals surface area contributed by atoms with Crippen LogP contribution in [0.5, 0.6) is 0 Å². The topological polar surface area (TPSA) is 136 Å². The molecule has 1 atom stereocenters. The molecule has 2 aliphatic rings. The Kier molecular flexibility index (Phi) is 7.21.